The lowest BCUT2D eigenvalue weighted by Gasteiger charge is -2.10. The smallest absolute Gasteiger partial charge is 0.165 e. The molecule has 0 radical (unpaired) electrons. The average Bonchev–Trinajstić information content (AvgIpc) is 2.63. The molecule has 0 aliphatic carbocycles. The van der Waals surface area contributed by atoms with Crippen LogP contribution >= 0.6 is 23.2 Å². The summed E-state index contributed by atoms with van der Waals surface area (Å²) in [6.45, 7) is 4.00. The van der Waals surface area contributed by atoms with E-state index in [-0.39, 0.29) is 5.92 Å². The lowest BCUT2D eigenvalue weighted by Crippen LogP contribution is -1.99. The SMILES string of the molecule is CC(C)c1c(Cl)nc(-c2cnn(C)c2)nc1Cl. The van der Waals surface area contributed by atoms with Crippen LogP contribution in [-0.4, -0.2) is 19.7 Å². The van der Waals surface area contributed by atoms with Gasteiger partial charge in [0.1, 0.15) is 10.3 Å². The summed E-state index contributed by atoms with van der Waals surface area (Å²) >= 11 is 12.2. The molecule has 0 aliphatic heterocycles. The molecule has 0 amide bonds. The Kier molecular flexibility index (Phi) is 3.35. The van der Waals surface area contributed by atoms with Gasteiger partial charge < -0.3 is 0 Å². The predicted molar refractivity (Wildman–Crippen MR) is 68.3 cm³/mol. The average molecular weight is 271 g/mol. The fraction of sp³-hybridized carbons (Fsp3) is 0.364. The highest BCUT2D eigenvalue weighted by molar-refractivity contribution is 6.34. The number of rotatable bonds is 2. The fourth-order valence-electron chi connectivity index (χ4n) is 1.56. The Hall–Kier alpha value is -1.13. The van der Waals surface area contributed by atoms with Gasteiger partial charge in [0.2, 0.25) is 0 Å². The number of aryl methyl sites for hydroxylation is 1. The van der Waals surface area contributed by atoms with Crippen LogP contribution < -0.4 is 0 Å². The third-order valence-corrected chi connectivity index (χ3v) is 2.97. The van der Waals surface area contributed by atoms with E-state index in [1.165, 1.54) is 0 Å². The molecule has 6 heteroatoms. The van der Waals surface area contributed by atoms with Gasteiger partial charge >= 0.3 is 0 Å². The van der Waals surface area contributed by atoms with Crippen LogP contribution in [0.25, 0.3) is 11.4 Å². The van der Waals surface area contributed by atoms with E-state index in [2.05, 4.69) is 15.1 Å². The maximum absolute atomic E-state index is 6.12. The molecule has 2 rings (SSSR count). The maximum Gasteiger partial charge on any atom is 0.165 e. The van der Waals surface area contributed by atoms with Crippen LogP contribution in [0.15, 0.2) is 12.4 Å². The first-order valence-electron chi connectivity index (χ1n) is 5.21. The molecule has 0 N–H and O–H groups in total. The molecule has 4 nitrogen and oxygen atoms in total. The molecule has 0 aromatic carbocycles. The van der Waals surface area contributed by atoms with Crippen molar-refractivity contribution in [2.24, 2.45) is 7.05 Å². The van der Waals surface area contributed by atoms with E-state index >= 15 is 0 Å². The second kappa shape index (κ2) is 4.63. The van der Waals surface area contributed by atoms with Gasteiger partial charge in [0, 0.05) is 18.8 Å². The molecule has 0 spiro atoms. The quantitative estimate of drug-likeness (QED) is 0.787. The van der Waals surface area contributed by atoms with E-state index in [4.69, 9.17) is 23.2 Å². The van der Waals surface area contributed by atoms with Crippen molar-refractivity contribution in [2.45, 2.75) is 19.8 Å². The van der Waals surface area contributed by atoms with E-state index in [1.807, 2.05) is 27.1 Å². The molecule has 2 aromatic rings. The van der Waals surface area contributed by atoms with Crippen LogP contribution in [0.4, 0.5) is 0 Å². The second-order valence-electron chi connectivity index (χ2n) is 4.10. The van der Waals surface area contributed by atoms with Gasteiger partial charge in [-0.05, 0) is 5.92 Å². The molecule has 2 aromatic heterocycles. The maximum atomic E-state index is 6.12. The van der Waals surface area contributed by atoms with E-state index < -0.39 is 0 Å². The van der Waals surface area contributed by atoms with Gasteiger partial charge in [-0.3, -0.25) is 4.68 Å². The van der Waals surface area contributed by atoms with Crippen molar-refractivity contribution >= 4 is 23.2 Å². The van der Waals surface area contributed by atoms with E-state index in [9.17, 15) is 0 Å². The molecular weight excluding hydrogens is 259 g/mol. The zero-order chi connectivity index (χ0) is 12.6. The first-order valence-corrected chi connectivity index (χ1v) is 5.96. The van der Waals surface area contributed by atoms with Crippen molar-refractivity contribution in [3.63, 3.8) is 0 Å². The zero-order valence-electron chi connectivity index (χ0n) is 9.78. The highest BCUT2D eigenvalue weighted by Gasteiger charge is 2.16. The van der Waals surface area contributed by atoms with Gasteiger partial charge in [-0.25, -0.2) is 9.97 Å². The summed E-state index contributed by atoms with van der Waals surface area (Å²) in [4.78, 5) is 8.51. The van der Waals surface area contributed by atoms with Crippen LogP contribution in [0.1, 0.15) is 25.3 Å². The summed E-state index contributed by atoms with van der Waals surface area (Å²) < 4.78 is 1.68. The van der Waals surface area contributed by atoms with Gasteiger partial charge in [0.05, 0.1) is 11.8 Å². The highest BCUT2D eigenvalue weighted by Crippen LogP contribution is 2.30. The summed E-state index contributed by atoms with van der Waals surface area (Å²) in [5.74, 6) is 0.690. The molecule has 0 atom stereocenters. The molecule has 17 heavy (non-hydrogen) atoms. The first kappa shape index (κ1) is 12.3. The third-order valence-electron chi connectivity index (χ3n) is 2.39. The third kappa shape index (κ3) is 2.42. The highest BCUT2D eigenvalue weighted by atomic mass is 35.5. The van der Waals surface area contributed by atoms with Crippen LogP contribution in [0.3, 0.4) is 0 Å². The van der Waals surface area contributed by atoms with Gasteiger partial charge in [-0.15, -0.1) is 0 Å². The van der Waals surface area contributed by atoms with Crippen LogP contribution in [0, 0.1) is 0 Å². The van der Waals surface area contributed by atoms with Gasteiger partial charge in [-0.2, -0.15) is 5.10 Å². The Morgan fingerprint density at radius 1 is 1.18 bits per heavy atom. The molecule has 0 saturated heterocycles. The summed E-state index contributed by atoms with van der Waals surface area (Å²) in [5.41, 5.74) is 1.58. The van der Waals surface area contributed by atoms with Crippen LogP contribution in [0.5, 0.6) is 0 Å². The number of nitrogens with zero attached hydrogens (tertiary/aromatic N) is 4. The van der Waals surface area contributed by atoms with Gasteiger partial charge in [-0.1, -0.05) is 37.0 Å². The Labute approximate surface area is 110 Å². The Morgan fingerprint density at radius 3 is 2.18 bits per heavy atom. The zero-order valence-corrected chi connectivity index (χ0v) is 11.3. The van der Waals surface area contributed by atoms with Gasteiger partial charge in [0.15, 0.2) is 5.82 Å². The van der Waals surface area contributed by atoms with Crippen LogP contribution in [-0.2, 0) is 7.05 Å². The molecule has 0 fully saturated rings. The largest absolute Gasteiger partial charge is 0.275 e. The minimum atomic E-state index is 0.193. The number of halogens is 2. The van der Waals surface area contributed by atoms with Gasteiger partial charge in [0.25, 0.3) is 0 Å². The molecule has 0 unspecified atom stereocenters. The predicted octanol–water partition coefficient (Wildman–Crippen LogP) is 3.31. The lowest BCUT2D eigenvalue weighted by atomic mass is 10.1. The molecular formula is C11H12Cl2N4. The van der Waals surface area contributed by atoms with Crippen molar-refractivity contribution in [1.82, 2.24) is 19.7 Å². The van der Waals surface area contributed by atoms with Crippen molar-refractivity contribution in [1.29, 1.82) is 0 Å². The van der Waals surface area contributed by atoms with Crippen molar-refractivity contribution in [3.8, 4) is 11.4 Å². The normalized spacial score (nSPS) is 11.2. The first-order chi connectivity index (χ1) is 7.99. The second-order valence-corrected chi connectivity index (χ2v) is 4.82. The summed E-state index contributed by atoms with van der Waals surface area (Å²) in [6.07, 6.45) is 3.49. The molecule has 0 aliphatic rings. The Bertz CT molecular complexity index is 525. The topological polar surface area (TPSA) is 43.6 Å². The fourth-order valence-corrected chi connectivity index (χ4v) is 2.38. The summed E-state index contributed by atoms with van der Waals surface area (Å²) in [6, 6.07) is 0. The van der Waals surface area contributed by atoms with E-state index in [1.54, 1.807) is 10.9 Å². The minimum absolute atomic E-state index is 0.193. The van der Waals surface area contributed by atoms with E-state index in [0.29, 0.717) is 16.1 Å². The molecule has 90 valence electrons. The Balaban J connectivity index is 2.52. The molecule has 0 saturated carbocycles. The molecule has 2 heterocycles. The number of aromatic nitrogens is 4. The number of hydrogen-bond donors (Lipinski definition) is 0. The van der Waals surface area contributed by atoms with Crippen molar-refractivity contribution in [2.75, 3.05) is 0 Å². The summed E-state index contributed by atoms with van der Waals surface area (Å²) in [7, 11) is 1.83. The van der Waals surface area contributed by atoms with E-state index in [0.717, 1.165) is 11.1 Å². The van der Waals surface area contributed by atoms with Crippen molar-refractivity contribution in [3.05, 3.63) is 28.3 Å². The standard InChI is InChI=1S/C11H12Cl2N4/c1-6(2)8-9(12)15-11(16-10(8)13)7-4-14-17(3)5-7/h4-6H,1-3H3. The molecule has 0 bridgehead atoms. The minimum Gasteiger partial charge on any atom is -0.275 e. The van der Waals surface area contributed by atoms with Crippen molar-refractivity contribution < 1.29 is 0 Å². The number of hydrogen-bond acceptors (Lipinski definition) is 3. The summed E-state index contributed by atoms with van der Waals surface area (Å²) in [5, 5.41) is 4.86. The lowest BCUT2D eigenvalue weighted by molar-refractivity contribution is 0.768. The van der Waals surface area contributed by atoms with Crippen LogP contribution in [0.2, 0.25) is 10.3 Å². The Morgan fingerprint density at radius 2 is 1.76 bits per heavy atom. The monoisotopic (exact) mass is 270 g/mol.